The van der Waals surface area contributed by atoms with Gasteiger partial charge < -0.3 is 10.2 Å². The zero-order valence-corrected chi connectivity index (χ0v) is 19.1. The number of aliphatic hydroxyl groups is 1. The summed E-state index contributed by atoms with van der Waals surface area (Å²) in [5.74, 6) is 0.302. The molecule has 2 heteroatoms. The van der Waals surface area contributed by atoms with Gasteiger partial charge in [0, 0.05) is 12.7 Å². The highest BCUT2D eigenvalue weighted by atomic mass is 16.3. The number of phenols is 1. The van der Waals surface area contributed by atoms with Gasteiger partial charge in [-0.3, -0.25) is 0 Å². The number of hydrogen-bond acceptors (Lipinski definition) is 2. The van der Waals surface area contributed by atoms with Gasteiger partial charge in [-0.25, -0.2) is 0 Å². The fraction of sp³-hybridized carbons (Fsp3) is 0.133. The van der Waals surface area contributed by atoms with Crippen LogP contribution in [0.1, 0.15) is 29.2 Å². The number of aryl methyl sites for hydroxylation is 2. The molecule has 0 radical (unpaired) electrons. The van der Waals surface area contributed by atoms with Gasteiger partial charge in [0.05, 0.1) is 0 Å². The summed E-state index contributed by atoms with van der Waals surface area (Å²) in [6, 6.07) is 34.8. The summed E-state index contributed by atoms with van der Waals surface area (Å²) in [6.07, 6.45) is 5.01. The molecule has 0 atom stereocenters. The summed E-state index contributed by atoms with van der Waals surface area (Å²) >= 11 is 0. The topological polar surface area (TPSA) is 40.5 Å². The average Bonchev–Trinajstić information content (AvgIpc) is 2.86. The van der Waals surface area contributed by atoms with Crippen LogP contribution in [-0.4, -0.2) is 17.3 Å². The number of hydrogen-bond donors (Lipinski definition) is 2. The number of phenolic OH excluding ortho intramolecular Hbond substituents is 1. The molecule has 0 aliphatic rings. The maximum atomic E-state index is 9.77. The first-order valence-electron chi connectivity index (χ1n) is 10.8. The molecule has 0 aliphatic carbocycles. The van der Waals surface area contributed by atoms with Crippen molar-refractivity contribution in [2.75, 3.05) is 7.11 Å². The van der Waals surface area contributed by atoms with Crippen molar-refractivity contribution >= 4 is 12.2 Å². The molecule has 0 saturated carbocycles. The minimum atomic E-state index is 0.302. The summed E-state index contributed by atoms with van der Waals surface area (Å²) in [6.45, 7) is 4.25. The first-order chi connectivity index (χ1) is 15.7. The van der Waals surface area contributed by atoms with E-state index in [2.05, 4.69) is 74.5 Å². The van der Waals surface area contributed by atoms with Crippen LogP contribution in [0.2, 0.25) is 0 Å². The third-order valence-electron chi connectivity index (χ3n) is 4.94. The molecule has 164 valence electrons. The van der Waals surface area contributed by atoms with Crippen LogP contribution in [0.15, 0.2) is 103 Å². The van der Waals surface area contributed by atoms with E-state index < -0.39 is 0 Å². The molecule has 2 N–H and O–H groups in total. The van der Waals surface area contributed by atoms with Crippen LogP contribution in [0.3, 0.4) is 0 Å². The summed E-state index contributed by atoms with van der Waals surface area (Å²) in [7, 11) is 1.00. The molecule has 4 aromatic carbocycles. The van der Waals surface area contributed by atoms with Crippen molar-refractivity contribution in [2.24, 2.45) is 0 Å². The molecule has 4 rings (SSSR count). The molecule has 0 spiro atoms. The molecule has 0 saturated heterocycles. The number of aromatic hydroxyl groups is 1. The van der Waals surface area contributed by atoms with Crippen molar-refractivity contribution < 1.29 is 10.2 Å². The van der Waals surface area contributed by atoms with Crippen LogP contribution >= 0.6 is 0 Å². The fourth-order valence-electron chi connectivity index (χ4n) is 3.07. The Morgan fingerprint density at radius 1 is 0.625 bits per heavy atom. The monoisotopic (exact) mass is 424 g/mol. The van der Waals surface area contributed by atoms with Crippen molar-refractivity contribution in [1.82, 2.24) is 0 Å². The second-order valence-electron chi connectivity index (χ2n) is 7.22. The third kappa shape index (κ3) is 7.90. The molecule has 0 unspecified atom stereocenters. The zero-order valence-electron chi connectivity index (χ0n) is 19.1. The Balaban J connectivity index is 0.000000340. The van der Waals surface area contributed by atoms with E-state index in [9.17, 15) is 5.11 Å². The number of benzene rings is 4. The van der Waals surface area contributed by atoms with Gasteiger partial charge in [0.15, 0.2) is 0 Å². The predicted octanol–water partition coefficient (Wildman–Crippen LogP) is 7.40. The van der Waals surface area contributed by atoms with Crippen molar-refractivity contribution in [1.29, 1.82) is 0 Å². The Labute approximate surface area is 192 Å². The van der Waals surface area contributed by atoms with Gasteiger partial charge in [0.25, 0.3) is 0 Å². The van der Waals surface area contributed by atoms with Crippen LogP contribution in [0, 0.1) is 6.92 Å². The lowest BCUT2D eigenvalue weighted by Crippen LogP contribution is -1.82. The highest BCUT2D eigenvalue weighted by Crippen LogP contribution is 2.22. The Hall–Kier alpha value is -3.62. The molecule has 0 fully saturated rings. The Morgan fingerprint density at radius 2 is 1.16 bits per heavy atom. The molecule has 0 bridgehead atoms. The summed E-state index contributed by atoms with van der Waals surface area (Å²) in [5.41, 5.74) is 7.07. The second kappa shape index (κ2) is 13.6. The lowest BCUT2D eigenvalue weighted by atomic mass is 10.0. The minimum absolute atomic E-state index is 0.302. The first-order valence-corrected chi connectivity index (χ1v) is 10.8. The molecule has 32 heavy (non-hydrogen) atoms. The van der Waals surface area contributed by atoms with Gasteiger partial charge >= 0.3 is 0 Å². The van der Waals surface area contributed by atoms with Crippen LogP contribution in [0.25, 0.3) is 23.3 Å². The van der Waals surface area contributed by atoms with E-state index in [-0.39, 0.29) is 0 Å². The smallest absolute Gasteiger partial charge is 0.122 e. The number of aliphatic hydroxyl groups excluding tert-OH is 1. The van der Waals surface area contributed by atoms with Crippen molar-refractivity contribution in [3.8, 4) is 16.9 Å². The van der Waals surface area contributed by atoms with Gasteiger partial charge in [-0.05, 0) is 41.7 Å². The van der Waals surface area contributed by atoms with Gasteiger partial charge in [-0.2, -0.15) is 0 Å². The fourth-order valence-corrected chi connectivity index (χ4v) is 3.07. The predicted molar refractivity (Wildman–Crippen MR) is 138 cm³/mol. The van der Waals surface area contributed by atoms with Gasteiger partial charge in [0.2, 0.25) is 0 Å². The molecule has 0 aliphatic heterocycles. The molecule has 4 aromatic rings. The molecular formula is C30H32O2. The van der Waals surface area contributed by atoms with Crippen LogP contribution in [0.5, 0.6) is 5.75 Å². The van der Waals surface area contributed by atoms with Gasteiger partial charge in [0.1, 0.15) is 5.75 Å². The van der Waals surface area contributed by atoms with E-state index in [1.807, 2.05) is 48.6 Å². The van der Waals surface area contributed by atoms with E-state index in [1.54, 1.807) is 6.07 Å². The molecule has 0 amide bonds. The van der Waals surface area contributed by atoms with Crippen LogP contribution < -0.4 is 0 Å². The molecular weight excluding hydrogens is 392 g/mol. The largest absolute Gasteiger partial charge is 0.507 e. The second-order valence-corrected chi connectivity index (χ2v) is 7.22. The zero-order chi connectivity index (χ0) is 23.2. The van der Waals surface area contributed by atoms with Crippen molar-refractivity contribution in [3.63, 3.8) is 0 Å². The van der Waals surface area contributed by atoms with Crippen molar-refractivity contribution in [2.45, 2.75) is 20.3 Å². The summed E-state index contributed by atoms with van der Waals surface area (Å²) < 4.78 is 0. The molecule has 0 aromatic heterocycles. The van der Waals surface area contributed by atoms with E-state index in [0.717, 1.165) is 24.7 Å². The first kappa shape index (κ1) is 24.6. The Morgan fingerprint density at radius 3 is 1.66 bits per heavy atom. The van der Waals surface area contributed by atoms with E-state index in [1.165, 1.54) is 22.3 Å². The Bertz CT molecular complexity index is 1060. The average molecular weight is 425 g/mol. The van der Waals surface area contributed by atoms with Gasteiger partial charge in [-0.15, -0.1) is 0 Å². The standard InChI is InChI=1S/C22H20O.C7H8.CH4O/c1-2-17-7-12-19(13-8-17)20-14-9-18(10-15-20)11-16-21-5-3-4-6-22(21)23;1-7-5-3-2-4-6-7;1-2/h3-16,23H,2H2,1H3;2-6H,1H3;2H,1H3/b16-11+;;. The highest BCUT2D eigenvalue weighted by Gasteiger charge is 1.98. The van der Waals surface area contributed by atoms with Gasteiger partial charge in [-0.1, -0.05) is 122 Å². The normalized spacial score (nSPS) is 10.0. The maximum Gasteiger partial charge on any atom is 0.122 e. The van der Waals surface area contributed by atoms with Crippen LogP contribution in [0.4, 0.5) is 0 Å². The summed E-state index contributed by atoms with van der Waals surface area (Å²) in [5, 5.41) is 16.8. The van der Waals surface area contributed by atoms with E-state index in [0.29, 0.717) is 5.75 Å². The van der Waals surface area contributed by atoms with E-state index >= 15 is 0 Å². The lowest BCUT2D eigenvalue weighted by Gasteiger charge is -2.04. The van der Waals surface area contributed by atoms with Crippen LogP contribution in [-0.2, 0) is 6.42 Å². The van der Waals surface area contributed by atoms with Crippen molar-refractivity contribution in [3.05, 3.63) is 125 Å². The quantitative estimate of drug-likeness (QED) is 0.335. The molecule has 2 nitrogen and oxygen atoms in total. The number of para-hydroxylation sites is 1. The van der Waals surface area contributed by atoms with E-state index in [4.69, 9.17) is 5.11 Å². The lowest BCUT2D eigenvalue weighted by molar-refractivity contribution is 0.399. The highest BCUT2D eigenvalue weighted by molar-refractivity contribution is 5.74. The maximum absolute atomic E-state index is 9.77. The minimum Gasteiger partial charge on any atom is -0.507 e. The number of rotatable bonds is 4. The Kier molecular flexibility index (Phi) is 10.5. The SMILES string of the molecule is CCc1ccc(-c2ccc(/C=C/c3ccccc3O)cc2)cc1.CO.Cc1ccccc1. The molecule has 0 heterocycles. The summed E-state index contributed by atoms with van der Waals surface area (Å²) in [4.78, 5) is 0. The third-order valence-corrected chi connectivity index (χ3v) is 4.94.